The lowest BCUT2D eigenvalue weighted by molar-refractivity contribution is -0.141. The van der Waals surface area contributed by atoms with Crippen molar-refractivity contribution in [3.63, 3.8) is 0 Å². The van der Waals surface area contributed by atoms with Crippen molar-refractivity contribution in [3.8, 4) is 0 Å². The average Bonchev–Trinajstić information content (AvgIpc) is 2.58. The van der Waals surface area contributed by atoms with Gasteiger partial charge in [0.1, 0.15) is 0 Å². The number of unbranched alkanes of at least 4 members (excludes halogenated alkanes) is 2. The van der Waals surface area contributed by atoms with E-state index in [4.69, 9.17) is 5.11 Å². The Morgan fingerprint density at radius 1 is 1.08 bits per heavy atom. The number of hydrogen-bond donors (Lipinski definition) is 1. The van der Waals surface area contributed by atoms with Gasteiger partial charge in [0.15, 0.2) is 5.78 Å². The molecule has 1 N–H and O–H groups in total. The van der Waals surface area contributed by atoms with Gasteiger partial charge in [0, 0.05) is 32.5 Å². The first-order valence-corrected chi connectivity index (χ1v) is 8.86. The van der Waals surface area contributed by atoms with Crippen molar-refractivity contribution >= 4 is 17.7 Å². The van der Waals surface area contributed by atoms with E-state index in [-0.39, 0.29) is 18.1 Å². The SMILES string of the molecule is C[C@@H](CCC(=O)c1cccc(CCCCCC(=O)N(C)C)c1)C(=O)O. The molecule has 0 spiro atoms. The number of aliphatic carboxylic acids is 1. The van der Waals surface area contributed by atoms with Gasteiger partial charge in [-0.1, -0.05) is 31.5 Å². The summed E-state index contributed by atoms with van der Waals surface area (Å²) in [7, 11) is 3.53. The Morgan fingerprint density at radius 2 is 1.80 bits per heavy atom. The molecule has 0 saturated carbocycles. The van der Waals surface area contributed by atoms with Crippen LogP contribution in [0.1, 0.15) is 61.4 Å². The lowest BCUT2D eigenvalue weighted by Gasteiger charge is -2.09. The van der Waals surface area contributed by atoms with E-state index >= 15 is 0 Å². The van der Waals surface area contributed by atoms with Gasteiger partial charge in [0.25, 0.3) is 0 Å². The van der Waals surface area contributed by atoms with E-state index < -0.39 is 11.9 Å². The normalized spacial score (nSPS) is 11.8. The summed E-state index contributed by atoms with van der Waals surface area (Å²) in [5, 5.41) is 8.88. The zero-order valence-corrected chi connectivity index (χ0v) is 15.5. The lowest BCUT2D eigenvalue weighted by Crippen LogP contribution is -2.20. The molecule has 5 nitrogen and oxygen atoms in total. The van der Waals surface area contributed by atoms with Gasteiger partial charge in [0.05, 0.1) is 5.92 Å². The molecule has 0 bridgehead atoms. The van der Waals surface area contributed by atoms with Gasteiger partial charge in [-0.25, -0.2) is 0 Å². The molecular formula is C20H29NO4. The third-order valence-corrected chi connectivity index (χ3v) is 4.33. The Kier molecular flexibility index (Phi) is 8.89. The number of carbonyl (C=O) groups excluding carboxylic acids is 2. The number of carboxylic acid groups (broad SMARTS) is 1. The van der Waals surface area contributed by atoms with Crippen molar-refractivity contribution in [1.29, 1.82) is 0 Å². The van der Waals surface area contributed by atoms with Gasteiger partial charge in [-0.15, -0.1) is 0 Å². The highest BCUT2D eigenvalue weighted by Gasteiger charge is 2.14. The van der Waals surface area contributed by atoms with E-state index in [0.717, 1.165) is 31.2 Å². The van der Waals surface area contributed by atoms with E-state index in [1.54, 1.807) is 32.0 Å². The summed E-state index contributed by atoms with van der Waals surface area (Å²) in [5.74, 6) is -1.22. The first-order chi connectivity index (χ1) is 11.8. The molecule has 0 aliphatic heterocycles. The molecule has 138 valence electrons. The lowest BCUT2D eigenvalue weighted by atomic mass is 9.97. The number of hydrogen-bond acceptors (Lipinski definition) is 3. The largest absolute Gasteiger partial charge is 0.481 e. The monoisotopic (exact) mass is 347 g/mol. The summed E-state index contributed by atoms with van der Waals surface area (Å²) in [6, 6.07) is 7.56. The van der Waals surface area contributed by atoms with Crippen LogP contribution in [0.4, 0.5) is 0 Å². The number of ketones is 1. The summed E-state index contributed by atoms with van der Waals surface area (Å²) < 4.78 is 0. The van der Waals surface area contributed by atoms with Crippen LogP contribution in [0.2, 0.25) is 0 Å². The van der Waals surface area contributed by atoms with E-state index in [2.05, 4.69) is 0 Å². The molecule has 1 rings (SSSR count). The zero-order chi connectivity index (χ0) is 18.8. The number of nitrogens with zero attached hydrogens (tertiary/aromatic N) is 1. The van der Waals surface area contributed by atoms with Gasteiger partial charge in [-0.3, -0.25) is 14.4 Å². The molecule has 0 fully saturated rings. The fourth-order valence-corrected chi connectivity index (χ4v) is 2.52. The molecule has 0 heterocycles. The van der Waals surface area contributed by atoms with Crippen molar-refractivity contribution in [2.45, 2.75) is 51.9 Å². The third kappa shape index (κ3) is 7.96. The van der Waals surface area contributed by atoms with Crippen LogP contribution in [0.25, 0.3) is 0 Å². The minimum atomic E-state index is -0.866. The number of carboxylic acids is 1. The number of benzene rings is 1. The maximum Gasteiger partial charge on any atom is 0.306 e. The molecule has 0 aliphatic rings. The van der Waals surface area contributed by atoms with Crippen LogP contribution in [-0.4, -0.2) is 41.8 Å². The topological polar surface area (TPSA) is 74.7 Å². The Balaban J connectivity index is 2.40. The number of amides is 1. The molecule has 1 aromatic rings. The second-order valence-electron chi connectivity index (χ2n) is 6.75. The van der Waals surface area contributed by atoms with Crippen LogP contribution >= 0.6 is 0 Å². The number of carbonyl (C=O) groups is 3. The Morgan fingerprint density at radius 3 is 2.44 bits per heavy atom. The average molecular weight is 347 g/mol. The standard InChI is InChI=1S/C20H29NO4/c1-15(20(24)25)12-13-18(22)17-10-7-9-16(14-17)8-5-4-6-11-19(23)21(2)3/h7,9-10,14-15H,4-6,8,11-13H2,1-3H3,(H,24,25)/t15-/m0/s1. The van der Waals surface area contributed by atoms with E-state index in [9.17, 15) is 14.4 Å². The predicted octanol–water partition coefficient (Wildman–Crippen LogP) is 3.56. The number of Topliss-reactive ketones (excluding diaryl/α,β-unsaturated/α-hetero) is 1. The molecule has 0 unspecified atom stereocenters. The maximum absolute atomic E-state index is 12.2. The summed E-state index contributed by atoms with van der Waals surface area (Å²) >= 11 is 0. The molecule has 0 aromatic heterocycles. The van der Waals surface area contributed by atoms with Crippen molar-refractivity contribution in [2.24, 2.45) is 5.92 Å². The van der Waals surface area contributed by atoms with Gasteiger partial charge in [0.2, 0.25) is 5.91 Å². The quantitative estimate of drug-likeness (QED) is 0.490. The molecule has 0 saturated heterocycles. The molecule has 1 amide bonds. The van der Waals surface area contributed by atoms with Crippen molar-refractivity contribution in [3.05, 3.63) is 35.4 Å². The summed E-state index contributed by atoms with van der Waals surface area (Å²) in [5.41, 5.74) is 1.76. The molecule has 1 aromatic carbocycles. The van der Waals surface area contributed by atoms with Crippen LogP contribution in [0.3, 0.4) is 0 Å². The first-order valence-electron chi connectivity index (χ1n) is 8.86. The Labute approximate surface area is 150 Å². The summed E-state index contributed by atoms with van der Waals surface area (Å²) in [6.07, 6.45) is 4.91. The van der Waals surface area contributed by atoms with E-state index in [1.165, 1.54) is 0 Å². The fourth-order valence-electron chi connectivity index (χ4n) is 2.52. The summed E-state index contributed by atoms with van der Waals surface area (Å²) in [4.78, 5) is 36.1. The second kappa shape index (κ2) is 10.6. The van der Waals surface area contributed by atoms with E-state index in [1.807, 2.05) is 18.2 Å². The van der Waals surface area contributed by atoms with Gasteiger partial charge in [-0.2, -0.15) is 0 Å². The highest BCUT2D eigenvalue weighted by molar-refractivity contribution is 5.96. The minimum absolute atomic E-state index is 0.00784. The van der Waals surface area contributed by atoms with Gasteiger partial charge < -0.3 is 10.0 Å². The Hall–Kier alpha value is -2.17. The van der Waals surface area contributed by atoms with E-state index in [0.29, 0.717) is 18.4 Å². The smallest absolute Gasteiger partial charge is 0.306 e. The van der Waals surface area contributed by atoms with Crippen molar-refractivity contribution in [1.82, 2.24) is 4.90 Å². The number of aryl methyl sites for hydroxylation is 1. The highest BCUT2D eigenvalue weighted by atomic mass is 16.4. The van der Waals surface area contributed by atoms with Crippen LogP contribution < -0.4 is 0 Å². The van der Waals surface area contributed by atoms with Crippen LogP contribution in [-0.2, 0) is 16.0 Å². The predicted molar refractivity (Wildman–Crippen MR) is 97.7 cm³/mol. The van der Waals surface area contributed by atoms with Gasteiger partial charge >= 0.3 is 5.97 Å². The van der Waals surface area contributed by atoms with Crippen LogP contribution in [0, 0.1) is 5.92 Å². The molecule has 0 radical (unpaired) electrons. The number of rotatable bonds is 11. The maximum atomic E-state index is 12.2. The molecule has 25 heavy (non-hydrogen) atoms. The third-order valence-electron chi connectivity index (χ3n) is 4.33. The molecular weight excluding hydrogens is 318 g/mol. The zero-order valence-electron chi connectivity index (χ0n) is 15.5. The second-order valence-corrected chi connectivity index (χ2v) is 6.75. The molecule has 0 aliphatic carbocycles. The first kappa shape index (κ1) is 20.9. The van der Waals surface area contributed by atoms with Crippen LogP contribution in [0.5, 0.6) is 0 Å². The molecule has 5 heteroatoms. The fraction of sp³-hybridized carbons (Fsp3) is 0.550. The van der Waals surface area contributed by atoms with Gasteiger partial charge in [-0.05, 0) is 37.3 Å². The van der Waals surface area contributed by atoms with Crippen LogP contribution in [0.15, 0.2) is 24.3 Å². The van der Waals surface area contributed by atoms with Crippen molar-refractivity contribution in [2.75, 3.05) is 14.1 Å². The minimum Gasteiger partial charge on any atom is -0.481 e. The molecule has 1 atom stereocenters. The summed E-state index contributed by atoms with van der Waals surface area (Å²) in [6.45, 7) is 1.62. The Bertz CT molecular complexity index is 595. The highest BCUT2D eigenvalue weighted by Crippen LogP contribution is 2.15. The van der Waals surface area contributed by atoms with Crippen molar-refractivity contribution < 1.29 is 19.5 Å².